The Morgan fingerprint density at radius 1 is 1.39 bits per heavy atom. The highest BCUT2D eigenvalue weighted by Crippen LogP contribution is 2.37. The third-order valence-corrected chi connectivity index (χ3v) is 6.00. The second kappa shape index (κ2) is 7.85. The molecule has 2 aliphatic rings. The van der Waals surface area contributed by atoms with Gasteiger partial charge in [0.05, 0.1) is 11.3 Å². The van der Waals surface area contributed by atoms with E-state index in [1.54, 1.807) is 17.2 Å². The number of hydrogen-bond acceptors (Lipinski definition) is 7. The van der Waals surface area contributed by atoms with Crippen LogP contribution in [-0.2, 0) is 11.3 Å². The number of carbonyl (C=O) groups is 1. The molecule has 0 saturated heterocycles. The van der Waals surface area contributed by atoms with Crippen molar-refractivity contribution in [1.29, 1.82) is 5.26 Å². The van der Waals surface area contributed by atoms with Gasteiger partial charge in [-0.05, 0) is 37.3 Å². The van der Waals surface area contributed by atoms with Crippen LogP contribution in [0.2, 0.25) is 0 Å². The molecule has 1 amide bonds. The van der Waals surface area contributed by atoms with Gasteiger partial charge >= 0.3 is 0 Å². The first-order chi connectivity index (χ1) is 15.2. The normalized spacial score (nSPS) is 20.1. The topological polar surface area (TPSA) is 136 Å². The number of anilines is 2. The summed E-state index contributed by atoms with van der Waals surface area (Å²) < 4.78 is 1.68. The van der Waals surface area contributed by atoms with E-state index in [1.807, 2.05) is 19.2 Å². The minimum absolute atomic E-state index is 0.123. The zero-order valence-corrected chi connectivity index (χ0v) is 17.1. The van der Waals surface area contributed by atoms with Gasteiger partial charge in [0.25, 0.3) is 0 Å². The lowest BCUT2D eigenvalue weighted by Gasteiger charge is -2.18. The van der Waals surface area contributed by atoms with Crippen LogP contribution in [0.5, 0.6) is 0 Å². The number of carbonyl (C=O) groups excluding carboxylic acids is 1. The number of aromatic amines is 1. The van der Waals surface area contributed by atoms with Gasteiger partial charge in [-0.25, -0.2) is 9.97 Å². The highest BCUT2D eigenvalue weighted by Gasteiger charge is 2.37. The first-order valence-corrected chi connectivity index (χ1v) is 10.4. The van der Waals surface area contributed by atoms with Gasteiger partial charge in [0, 0.05) is 37.4 Å². The van der Waals surface area contributed by atoms with Crippen molar-refractivity contribution in [2.75, 3.05) is 23.7 Å². The Kier molecular flexibility index (Phi) is 4.88. The van der Waals surface area contributed by atoms with E-state index >= 15 is 0 Å². The van der Waals surface area contributed by atoms with E-state index in [-0.39, 0.29) is 11.9 Å². The van der Waals surface area contributed by atoms with Crippen molar-refractivity contribution in [2.45, 2.75) is 32.4 Å². The molecular weight excluding hydrogens is 394 g/mol. The summed E-state index contributed by atoms with van der Waals surface area (Å²) in [6.07, 6.45) is 6.80. The largest absolute Gasteiger partial charge is 0.383 e. The fourth-order valence-electron chi connectivity index (χ4n) is 4.47. The minimum atomic E-state index is -0.347. The van der Waals surface area contributed by atoms with E-state index in [9.17, 15) is 10.1 Å². The van der Waals surface area contributed by atoms with E-state index in [4.69, 9.17) is 0 Å². The monoisotopic (exact) mass is 417 g/mol. The van der Waals surface area contributed by atoms with Crippen LogP contribution in [0.1, 0.15) is 25.3 Å². The molecule has 0 fully saturated rings. The molecule has 1 aliphatic carbocycles. The van der Waals surface area contributed by atoms with Gasteiger partial charge in [0.15, 0.2) is 0 Å². The van der Waals surface area contributed by atoms with Gasteiger partial charge in [-0.2, -0.15) is 5.26 Å². The van der Waals surface area contributed by atoms with Gasteiger partial charge in [0.1, 0.15) is 24.1 Å². The second-order valence-electron chi connectivity index (χ2n) is 7.91. The van der Waals surface area contributed by atoms with Gasteiger partial charge in [-0.15, -0.1) is 5.10 Å². The second-order valence-corrected chi connectivity index (χ2v) is 7.91. The third kappa shape index (κ3) is 3.53. The number of nitrogens with one attached hydrogen (secondary N) is 4. The molecule has 4 N–H and O–H groups in total. The molecule has 2 atom stereocenters. The van der Waals surface area contributed by atoms with Crippen LogP contribution in [-0.4, -0.2) is 49.8 Å². The van der Waals surface area contributed by atoms with Crippen LogP contribution in [0.25, 0.3) is 11.0 Å². The summed E-state index contributed by atoms with van der Waals surface area (Å²) in [5.74, 6) is 0.576. The molecule has 10 nitrogen and oxygen atoms in total. The number of hydrogen-bond donors (Lipinski definition) is 4. The number of pyridine rings is 1. The first kappa shape index (κ1) is 19.3. The summed E-state index contributed by atoms with van der Waals surface area (Å²) in [4.78, 5) is 24.3. The van der Waals surface area contributed by atoms with Crippen molar-refractivity contribution in [3.8, 4) is 6.07 Å². The Labute approximate surface area is 178 Å². The van der Waals surface area contributed by atoms with Crippen molar-refractivity contribution < 1.29 is 4.79 Å². The number of aromatic nitrogens is 5. The number of fused-ring (bicyclic) bond motifs is 1. The smallest absolute Gasteiger partial charge is 0.248 e. The van der Waals surface area contributed by atoms with E-state index < -0.39 is 0 Å². The molecule has 3 aromatic rings. The van der Waals surface area contributed by atoms with Crippen molar-refractivity contribution in [2.24, 2.45) is 5.92 Å². The molecule has 0 saturated carbocycles. The zero-order valence-electron chi connectivity index (χ0n) is 17.1. The van der Waals surface area contributed by atoms with Gasteiger partial charge < -0.3 is 10.3 Å². The van der Waals surface area contributed by atoms with E-state index in [1.165, 1.54) is 11.1 Å². The van der Waals surface area contributed by atoms with Crippen molar-refractivity contribution in [3.05, 3.63) is 41.5 Å². The van der Waals surface area contributed by atoms with Gasteiger partial charge in [0.2, 0.25) is 11.9 Å². The standard InChI is InChI=1S/C21H23N9O/c1-2-30-11-27-21(29-30)28-20(31)18-16-6-12(5-13(16)9-25-18)8-24-17-14(7-22)10-26-19-15(17)3-4-23-19/h3-4,10-12,18,25H,2,5-6,8-9H2,1H3,(H2,23,24,26)(H,28,29,31)/t12-,18-/m0/s1. The van der Waals surface area contributed by atoms with E-state index in [0.717, 1.165) is 42.7 Å². The van der Waals surface area contributed by atoms with Crippen molar-refractivity contribution in [1.82, 2.24) is 30.0 Å². The van der Waals surface area contributed by atoms with E-state index in [2.05, 4.69) is 42.1 Å². The Morgan fingerprint density at radius 3 is 3.10 bits per heavy atom. The first-order valence-electron chi connectivity index (χ1n) is 10.4. The fourth-order valence-corrected chi connectivity index (χ4v) is 4.47. The summed E-state index contributed by atoms with van der Waals surface area (Å²) in [6.45, 7) is 4.12. The van der Waals surface area contributed by atoms with Crippen LogP contribution in [0.3, 0.4) is 0 Å². The molecule has 10 heteroatoms. The third-order valence-electron chi connectivity index (χ3n) is 6.00. The number of aryl methyl sites for hydroxylation is 1. The number of nitrogens with zero attached hydrogens (tertiary/aromatic N) is 5. The average molecular weight is 417 g/mol. The molecule has 5 rings (SSSR count). The van der Waals surface area contributed by atoms with E-state index in [0.29, 0.717) is 24.0 Å². The Bertz CT molecular complexity index is 1220. The highest BCUT2D eigenvalue weighted by atomic mass is 16.2. The molecule has 0 unspecified atom stereocenters. The van der Waals surface area contributed by atoms with Crippen LogP contribution in [0.15, 0.2) is 35.9 Å². The molecule has 0 aromatic carbocycles. The molecule has 0 spiro atoms. The summed E-state index contributed by atoms with van der Waals surface area (Å²) in [7, 11) is 0. The number of amides is 1. The number of rotatable bonds is 6. The minimum Gasteiger partial charge on any atom is -0.383 e. The Morgan fingerprint density at radius 2 is 2.29 bits per heavy atom. The predicted molar refractivity (Wildman–Crippen MR) is 115 cm³/mol. The highest BCUT2D eigenvalue weighted by molar-refractivity contribution is 5.96. The number of H-pyrrole nitrogens is 1. The van der Waals surface area contributed by atoms with Crippen LogP contribution in [0, 0.1) is 17.2 Å². The summed E-state index contributed by atoms with van der Waals surface area (Å²) in [5.41, 5.74) is 4.57. The van der Waals surface area contributed by atoms with Crippen LogP contribution >= 0.6 is 0 Å². The molecule has 0 bridgehead atoms. The molecule has 158 valence electrons. The Balaban J connectivity index is 1.23. The maximum atomic E-state index is 12.8. The quantitative estimate of drug-likeness (QED) is 0.449. The van der Waals surface area contributed by atoms with Crippen LogP contribution < -0.4 is 16.0 Å². The fraction of sp³-hybridized carbons (Fsp3) is 0.381. The lowest BCUT2D eigenvalue weighted by Crippen LogP contribution is -2.39. The van der Waals surface area contributed by atoms with Crippen molar-refractivity contribution >= 4 is 28.6 Å². The summed E-state index contributed by atoms with van der Waals surface area (Å²) in [6, 6.07) is 3.80. The van der Waals surface area contributed by atoms with Crippen LogP contribution in [0.4, 0.5) is 11.6 Å². The van der Waals surface area contributed by atoms with Gasteiger partial charge in [-0.1, -0.05) is 5.57 Å². The predicted octanol–water partition coefficient (Wildman–Crippen LogP) is 1.77. The molecule has 3 aromatic heterocycles. The lowest BCUT2D eigenvalue weighted by molar-refractivity contribution is -0.117. The maximum absolute atomic E-state index is 12.8. The SMILES string of the molecule is CCn1cnc(NC(=O)[C@H]2NCC3=C2C[C@@H](CNc2c(C#N)cnc4[nH]ccc24)C3)n1. The van der Waals surface area contributed by atoms with Crippen molar-refractivity contribution in [3.63, 3.8) is 0 Å². The maximum Gasteiger partial charge on any atom is 0.248 e. The lowest BCUT2D eigenvalue weighted by atomic mass is 10.0. The molecule has 31 heavy (non-hydrogen) atoms. The number of nitriles is 1. The average Bonchev–Trinajstić information content (AvgIpc) is 3.54. The molecule has 1 aliphatic heterocycles. The molecule has 0 radical (unpaired) electrons. The summed E-state index contributed by atoms with van der Waals surface area (Å²) >= 11 is 0. The summed E-state index contributed by atoms with van der Waals surface area (Å²) in [5, 5.41) is 24.2. The Hall–Kier alpha value is -3.71. The molecule has 4 heterocycles. The zero-order chi connectivity index (χ0) is 21.4. The van der Waals surface area contributed by atoms with Gasteiger partial charge in [-0.3, -0.25) is 20.1 Å². The molecular formula is C21H23N9O.